The van der Waals surface area contributed by atoms with Crippen molar-refractivity contribution in [3.63, 3.8) is 0 Å². The van der Waals surface area contributed by atoms with Crippen LogP contribution in [0.5, 0.6) is 0 Å². The predicted molar refractivity (Wildman–Crippen MR) is 77.4 cm³/mol. The maximum absolute atomic E-state index is 12.0. The van der Waals surface area contributed by atoms with E-state index in [1.165, 1.54) is 5.56 Å². The molecular weight excluding hydrogens is 252 g/mol. The highest BCUT2D eigenvalue weighted by molar-refractivity contribution is 5.82. The van der Waals surface area contributed by atoms with Gasteiger partial charge in [0, 0.05) is 18.8 Å². The monoisotopic (exact) mass is 274 g/mol. The lowest BCUT2D eigenvalue weighted by molar-refractivity contribution is -0.143. The van der Waals surface area contributed by atoms with E-state index < -0.39 is 0 Å². The minimum atomic E-state index is -0.192. The second kappa shape index (κ2) is 7.22. The van der Waals surface area contributed by atoms with Gasteiger partial charge in [0.05, 0.1) is 6.61 Å². The van der Waals surface area contributed by atoms with Crippen molar-refractivity contribution in [2.75, 3.05) is 6.61 Å². The van der Waals surface area contributed by atoms with Crippen molar-refractivity contribution in [2.45, 2.75) is 44.9 Å². The fourth-order valence-electron chi connectivity index (χ4n) is 2.95. The summed E-state index contributed by atoms with van der Waals surface area (Å²) in [4.78, 5) is 23.4. The summed E-state index contributed by atoms with van der Waals surface area (Å²) in [5, 5.41) is 0. The van der Waals surface area contributed by atoms with Gasteiger partial charge in [-0.2, -0.15) is 0 Å². The Morgan fingerprint density at radius 1 is 1.30 bits per heavy atom. The molecule has 0 bridgehead atoms. The van der Waals surface area contributed by atoms with Crippen molar-refractivity contribution in [2.24, 2.45) is 5.92 Å². The maximum Gasteiger partial charge on any atom is 0.305 e. The summed E-state index contributed by atoms with van der Waals surface area (Å²) < 4.78 is 4.93. The van der Waals surface area contributed by atoms with Gasteiger partial charge in [0.25, 0.3) is 0 Å². The van der Waals surface area contributed by atoms with Crippen molar-refractivity contribution in [3.8, 4) is 0 Å². The molecule has 2 atom stereocenters. The molecule has 0 saturated heterocycles. The lowest BCUT2D eigenvalue weighted by Gasteiger charge is -2.28. The molecule has 1 aliphatic rings. The van der Waals surface area contributed by atoms with Gasteiger partial charge in [0.2, 0.25) is 0 Å². The number of hydrogen-bond donors (Lipinski definition) is 0. The third-order valence-electron chi connectivity index (χ3n) is 4.04. The number of ether oxygens (including phenoxy) is 1. The van der Waals surface area contributed by atoms with Crippen LogP contribution in [0, 0.1) is 5.92 Å². The van der Waals surface area contributed by atoms with Gasteiger partial charge in [-0.25, -0.2) is 0 Å². The Balaban J connectivity index is 1.91. The Morgan fingerprint density at radius 3 is 2.75 bits per heavy atom. The first kappa shape index (κ1) is 14.8. The molecule has 0 aliphatic heterocycles. The molecule has 0 amide bonds. The number of rotatable bonds is 5. The van der Waals surface area contributed by atoms with Crippen LogP contribution < -0.4 is 0 Å². The maximum atomic E-state index is 12.0. The summed E-state index contributed by atoms with van der Waals surface area (Å²) in [5.41, 5.74) is 1.31. The van der Waals surface area contributed by atoms with E-state index in [0.717, 1.165) is 12.8 Å². The van der Waals surface area contributed by atoms with E-state index in [-0.39, 0.29) is 11.9 Å². The van der Waals surface area contributed by atoms with Crippen molar-refractivity contribution >= 4 is 11.8 Å². The summed E-state index contributed by atoms with van der Waals surface area (Å²) in [7, 11) is 0. The van der Waals surface area contributed by atoms with E-state index in [9.17, 15) is 9.59 Å². The van der Waals surface area contributed by atoms with Crippen molar-refractivity contribution in [1.29, 1.82) is 0 Å². The van der Waals surface area contributed by atoms with E-state index in [0.29, 0.717) is 37.6 Å². The Morgan fingerprint density at radius 2 is 2.05 bits per heavy atom. The van der Waals surface area contributed by atoms with Crippen LogP contribution >= 0.6 is 0 Å². The van der Waals surface area contributed by atoms with Gasteiger partial charge in [-0.3, -0.25) is 9.59 Å². The number of hydrogen-bond acceptors (Lipinski definition) is 3. The first-order chi connectivity index (χ1) is 9.70. The average Bonchev–Trinajstić information content (AvgIpc) is 2.47. The highest BCUT2D eigenvalue weighted by Crippen LogP contribution is 2.36. The molecule has 2 unspecified atom stereocenters. The van der Waals surface area contributed by atoms with Crippen molar-refractivity contribution in [3.05, 3.63) is 35.9 Å². The predicted octanol–water partition coefficient (Wildman–Crippen LogP) is 3.48. The van der Waals surface area contributed by atoms with Crippen LogP contribution in [0.2, 0.25) is 0 Å². The molecule has 108 valence electrons. The Hall–Kier alpha value is -1.64. The van der Waals surface area contributed by atoms with E-state index in [1.807, 2.05) is 18.2 Å². The lowest BCUT2D eigenvalue weighted by atomic mass is 9.75. The molecule has 0 spiro atoms. The van der Waals surface area contributed by atoms with Crippen molar-refractivity contribution < 1.29 is 14.3 Å². The molecule has 0 radical (unpaired) electrons. The highest BCUT2D eigenvalue weighted by atomic mass is 16.5. The Kier molecular flexibility index (Phi) is 5.33. The molecule has 1 aromatic carbocycles. The zero-order valence-electron chi connectivity index (χ0n) is 12.0. The van der Waals surface area contributed by atoms with Gasteiger partial charge < -0.3 is 4.74 Å². The summed E-state index contributed by atoms with van der Waals surface area (Å²) in [6.07, 6.45) is 3.40. The largest absolute Gasteiger partial charge is 0.466 e. The fourth-order valence-corrected chi connectivity index (χ4v) is 2.95. The van der Waals surface area contributed by atoms with Gasteiger partial charge in [-0.15, -0.1) is 0 Å². The number of carbonyl (C=O) groups is 2. The summed E-state index contributed by atoms with van der Waals surface area (Å²) in [6.45, 7) is 2.21. The molecule has 1 fully saturated rings. The van der Waals surface area contributed by atoms with E-state index in [2.05, 4.69) is 12.1 Å². The molecule has 3 heteroatoms. The summed E-state index contributed by atoms with van der Waals surface area (Å²) >= 11 is 0. The van der Waals surface area contributed by atoms with Gasteiger partial charge >= 0.3 is 5.97 Å². The van der Waals surface area contributed by atoms with Gasteiger partial charge in [0.1, 0.15) is 5.78 Å². The van der Waals surface area contributed by atoms with Crippen LogP contribution in [0.15, 0.2) is 30.3 Å². The van der Waals surface area contributed by atoms with Crippen LogP contribution in [0.4, 0.5) is 0 Å². The quantitative estimate of drug-likeness (QED) is 0.772. The molecule has 0 heterocycles. The molecular formula is C17H22O3. The van der Waals surface area contributed by atoms with Gasteiger partial charge in [0.15, 0.2) is 0 Å². The minimum Gasteiger partial charge on any atom is -0.466 e. The second-order valence-corrected chi connectivity index (χ2v) is 5.39. The number of esters is 1. The molecule has 20 heavy (non-hydrogen) atoms. The van der Waals surface area contributed by atoms with Crippen LogP contribution in [0.25, 0.3) is 0 Å². The average molecular weight is 274 g/mol. The molecule has 2 rings (SSSR count). The number of Topliss-reactive ketones (excluding diaryl/α,β-unsaturated/α-hetero) is 1. The summed E-state index contributed by atoms with van der Waals surface area (Å²) in [6, 6.07) is 10.3. The van der Waals surface area contributed by atoms with E-state index in [1.54, 1.807) is 6.92 Å². The smallest absolute Gasteiger partial charge is 0.305 e. The molecule has 1 aromatic rings. The standard InChI is InChI=1S/C17H22O3/c1-2-20-17(19)11-9-15-12-14(8-10-16(15)18)13-6-4-3-5-7-13/h3-7,14-15H,2,8-12H2,1H3. The van der Waals surface area contributed by atoms with Crippen LogP contribution in [0.1, 0.15) is 50.5 Å². The molecule has 3 nitrogen and oxygen atoms in total. The topological polar surface area (TPSA) is 43.4 Å². The number of benzene rings is 1. The van der Waals surface area contributed by atoms with Gasteiger partial charge in [-0.05, 0) is 37.7 Å². The minimum absolute atomic E-state index is 0.0124. The fraction of sp³-hybridized carbons (Fsp3) is 0.529. The molecule has 1 aliphatic carbocycles. The lowest BCUT2D eigenvalue weighted by Crippen LogP contribution is -2.24. The third kappa shape index (κ3) is 3.92. The number of carbonyl (C=O) groups excluding carboxylic acids is 2. The van der Waals surface area contributed by atoms with Crippen LogP contribution in [-0.4, -0.2) is 18.4 Å². The second-order valence-electron chi connectivity index (χ2n) is 5.39. The zero-order chi connectivity index (χ0) is 14.4. The van der Waals surface area contributed by atoms with E-state index in [4.69, 9.17) is 4.74 Å². The normalized spacial score (nSPS) is 22.6. The highest BCUT2D eigenvalue weighted by Gasteiger charge is 2.29. The third-order valence-corrected chi connectivity index (χ3v) is 4.04. The van der Waals surface area contributed by atoms with Crippen LogP contribution in [0.3, 0.4) is 0 Å². The number of ketones is 1. The Labute approximate surface area is 120 Å². The SMILES string of the molecule is CCOC(=O)CCC1CC(c2ccccc2)CCC1=O. The molecule has 1 saturated carbocycles. The summed E-state index contributed by atoms with van der Waals surface area (Å²) in [5.74, 6) is 0.572. The van der Waals surface area contributed by atoms with Gasteiger partial charge in [-0.1, -0.05) is 30.3 Å². The first-order valence-corrected chi connectivity index (χ1v) is 7.44. The zero-order valence-corrected chi connectivity index (χ0v) is 12.0. The van der Waals surface area contributed by atoms with Crippen molar-refractivity contribution in [1.82, 2.24) is 0 Å². The molecule has 0 N–H and O–H groups in total. The van der Waals surface area contributed by atoms with E-state index >= 15 is 0 Å². The first-order valence-electron chi connectivity index (χ1n) is 7.44. The van der Waals surface area contributed by atoms with Crippen LogP contribution in [-0.2, 0) is 14.3 Å². The Bertz CT molecular complexity index is 453. The molecule has 0 aromatic heterocycles.